The molecular weight excluding hydrogens is 372 g/mol. The van der Waals surface area contributed by atoms with E-state index in [1.807, 2.05) is 6.07 Å². The van der Waals surface area contributed by atoms with Crippen molar-refractivity contribution in [3.63, 3.8) is 0 Å². The first-order valence-electron chi connectivity index (χ1n) is 8.89. The molecule has 0 atom stereocenters. The highest BCUT2D eigenvalue weighted by Gasteiger charge is 2.10. The maximum atomic E-state index is 12.5. The maximum absolute atomic E-state index is 12.5. The predicted molar refractivity (Wildman–Crippen MR) is 107 cm³/mol. The van der Waals surface area contributed by atoms with Crippen LogP contribution < -0.4 is 10.9 Å². The molecule has 2 aromatic heterocycles. The van der Waals surface area contributed by atoms with Gasteiger partial charge in [-0.2, -0.15) is 5.10 Å². The van der Waals surface area contributed by atoms with Gasteiger partial charge in [0.1, 0.15) is 13.2 Å². The van der Waals surface area contributed by atoms with Gasteiger partial charge in [0, 0.05) is 18.4 Å². The third kappa shape index (κ3) is 4.04. The highest BCUT2D eigenvalue weighted by Crippen LogP contribution is 2.18. The molecule has 0 fully saturated rings. The van der Waals surface area contributed by atoms with Crippen LogP contribution in [0, 0.1) is 0 Å². The lowest BCUT2D eigenvalue weighted by molar-refractivity contribution is -0.116. The standard InChI is InChI=1S/C20H18N6O3/c1-29-11-17-23-19(25-24-17)13-6-8-14(9-7-13)22-18(27)10-26-12-21-16-5-3-2-4-15(16)20(26)28/h2-9,12H,10-11H2,1H3,(H,22,27)(H,23,24,25). The van der Waals surface area contributed by atoms with E-state index in [-0.39, 0.29) is 18.0 Å². The number of nitrogens with one attached hydrogen (secondary N) is 2. The first-order chi connectivity index (χ1) is 14.1. The van der Waals surface area contributed by atoms with Crippen LogP contribution in [-0.4, -0.2) is 37.7 Å². The fourth-order valence-electron chi connectivity index (χ4n) is 2.90. The van der Waals surface area contributed by atoms with E-state index < -0.39 is 0 Å². The van der Waals surface area contributed by atoms with Gasteiger partial charge in [-0.05, 0) is 36.4 Å². The monoisotopic (exact) mass is 390 g/mol. The van der Waals surface area contributed by atoms with Gasteiger partial charge in [0.25, 0.3) is 5.56 Å². The number of methoxy groups -OCH3 is 1. The minimum Gasteiger partial charge on any atom is -0.377 e. The molecule has 4 aromatic rings. The predicted octanol–water partition coefficient (Wildman–Crippen LogP) is 1.97. The fraction of sp³-hybridized carbons (Fsp3) is 0.150. The first kappa shape index (κ1) is 18.5. The molecule has 2 aromatic carbocycles. The lowest BCUT2D eigenvalue weighted by Crippen LogP contribution is -2.27. The minimum atomic E-state index is -0.322. The summed E-state index contributed by atoms with van der Waals surface area (Å²) in [7, 11) is 1.59. The van der Waals surface area contributed by atoms with Gasteiger partial charge in [-0.1, -0.05) is 12.1 Å². The van der Waals surface area contributed by atoms with E-state index in [1.165, 1.54) is 10.9 Å². The third-order valence-electron chi connectivity index (χ3n) is 4.29. The van der Waals surface area contributed by atoms with E-state index in [0.29, 0.717) is 34.8 Å². The lowest BCUT2D eigenvalue weighted by atomic mass is 10.2. The van der Waals surface area contributed by atoms with Crippen molar-refractivity contribution >= 4 is 22.5 Å². The van der Waals surface area contributed by atoms with Crippen LogP contribution in [0.15, 0.2) is 59.7 Å². The Morgan fingerprint density at radius 3 is 2.76 bits per heavy atom. The van der Waals surface area contributed by atoms with Crippen LogP contribution >= 0.6 is 0 Å². The summed E-state index contributed by atoms with van der Waals surface area (Å²) < 4.78 is 6.30. The summed E-state index contributed by atoms with van der Waals surface area (Å²) in [6, 6.07) is 14.1. The van der Waals surface area contributed by atoms with Crippen molar-refractivity contribution < 1.29 is 9.53 Å². The second-order valence-electron chi connectivity index (χ2n) is 6.36. The smallest absolute Gasteiger partial charge is 0.261 e. The molecule has 0 aliphatic heterocycles. The number of anilines is 1. The van der Waals surface area contributed by atoms with E-state index in [9.17, 15) is 9.59 Å². The van der Waals surface area contributed by atoms with Gasteiger partial charge < -0.3 is 10.1 Å². The number of aromatic nitrogens is 5. The number of amides is 1. The number of hydrogen-bond acceptors (Lipinski definition) is 6. The Morgan fingerprint density at radius 1 is 1.17 bits per heavy atom. The molecule has 1 amide bonds. The molecule has 29 heavy (non-hydrogen) atoms. The number of nitrogens with zero attached hydrogens (tertiary/aromatic N) is 4. The van der Waals surface area contributed by atoms with Gasteiger partial charge in [-0.3, -0.25) is 19.3 Å². The van der Waals surface area contributed by atoms with Crippen LogP contribution in [0.1, 0.15) is 5.82 Å². The summed E-state index contributed by atoms with van der Waals surface area (Å²) in [5, 5.41) is 10.2. The van der Waals surface area contributed by atoms with Crippen LogP contribution in [0.25, 0.3) is 22.3 Å². The van der Waals surface area contributed by atoms with Gasteiger partial charge in [0.2, 0.25) is 5.91 Å². The zero-order valence-electron chi connectivity index (χ0n) is 15.6. The highest BCUT2D eigenvalue weighted by atomic mass is 16.5. The first-order valence-corrected chi connectivity index (χ1v) is 8.89. The summed E-state index contributed by atoms with van der Waals surface area (Å²) in [5.41, 5.74) is 1.76. The summed E-state index contributed by atoms with van der Waals surface area (Å²) in [5.74, 6) is 0.857. The third-order valence-corrected chi connectivity index (χ3v) is 4.29. The number of carbonyl (C=O) groups is 1. The average Bonchev–Trinajstić information content (AvgIpc) is 3.20. The van der Waals surface area contributed by atoms with E-state index in [1.54, 1.807) is 49.6 Å². The summed E-state index contributed by atoms with van der Waals surface area (Å²) in [6.07, 6.45) is 1.38. The van der Waals surface area contributed by atoms with Crippen molar-refractivity contribution in [3.8, 4) is 11.4 Å². The molecule has 0 saturated carbocycles. The number of rotatable bonds is 6. The quantitative estimate of drug-likeness (QED) is 0.520. The number of aromatic amines is 1. The molecule has 0 spiro atoms. The zero-order chi connectivity index (χ0) is 20.2. The van der Waals surface area contributed by atoms with Crippen molar-refractivity contribution in [1.82, 2.24) is 24.7 Å². The van der Waals surface area contributed by atoms with Crippen LogP contribution in [0.3, 0.4) is 0 Å². The number of carbonyl (C=O) groups excluding carboxylic acids is 1. The molecule has 0 aliphatic carbocycles. The molecule has 4 rings (SSSR count). The Morgan fingerprint density at radius 2 is 1.97 bits per heavy atom. The SMILES string of the molecule is COCc1nc(-c2ccc(NC(=O)Cn3cnc4ccccc4c3=O)cc2)n[nH]1. The number of hydrogen-bond donors (Lipinski definition) is 2. The molecule has 2 heterocycles. The van der Waals surface area contributed by atoms with Gasteiger partial charge in [0.15, 0.2) is 11.6 Å². The summed E-state index contributed by atoms with van der Waals surface area (Å²) >= 11 is 0. The van der Waals surface area contributed by atoms with Crippen molar-refractivity contribution in [2.45, 2.75) is 13.2 Å². The van der Waals surface area contributed by atoms with Crippen LogP contribution in [0.5, 0.6) is 0 Å². The van der Waals surface area contributed by atoms with E-state index >= 15 is 0 Å². The van der Waals surface area contributed by atoms with Gasteiger partial charge in [-0.15, -0.1) is 0 Å². The van der Waals surface area contributed by atoms with E-state index in [0.717, 1.165) is 5.56 Å². The Kier molecular flexibility index (Phi) is 5.12. The van der Waals surface area contributed by atoms with Gasteiger partial charge in [0.05, 0.1) is 17.2 Å². The second kappa shape index (κ2) is 8.03. The number of para-hydroxylation sites is 1. The van der Waals surface area contributed by atoms with Crippen molar-refractivity contribution in [2.24, 2.45) is 0 Å². The van der Waals surface area contributed by atoms with Crippen LogP contribution in [0.2, 0.25) is 0 Å². The molecule has 0 unspecified atom stereocenters. The summed E-state index contributed by atoms with van der Waals surface area (Å²) in [6.45, 7) is 0.226. The van der Waals surface area contributed by atoms with Gasteiger partial charge >= 0.3 is 0 Å². The number of fused-ring (bicyclic) bond motifs is 1. The number of H-pyrrole nitrogens is 1. The molecule has 9 heteroatoms. The van der Waals surface area contributed by atoms with Crippen molar-refractivity contribution in [3.05, 3.63) is 71.0 Å². The van der Waals surface area contributed by atoms with E-state index in [4.69, 9.17) is 4.74 Å². The Hall–Kier alpha value is -3.85. The zero-order valence-corrected chi connectivity index (χ0v) is 15.6. The maximum Gasteiger partial charge on any atom is 0.261 e. The molecule has 146 valence electrons. The number of benzene rings is 2. The topological polar surface area (TPSA) is 115 Å². The Labute approximate surface area is 165 Å². The fourth-order valence-corrected chi connectivity index (χ4v) is 2.90. The highest BCUT2D eigenvalue weighted by molar-refractivity contribution is 5.91. The Bertz CT molecular complexity index is 1210. The largest absolute Gasteiger partial charge is 0.377 e. The number of ether oxygens (including phenoxy) is 1. The van der Waals surface area contributed by atoms with Crippen molar-refractivity contribution in [1.29, 1.82) is 0 Å². The van der Waals surface area contributed by atoms with Crippen molar-refractivity contribution in [2.75, 3.05) is 12.4 Å². The van der Waals surface area contributed by atoms with E-state index in [2.05, 4.69) is 25.5 Å². The van der Waals surface area contributed by atoms with Gasteiger partial charge in [-0.25, -0.2) is 9.97 Å². The molecule has 9 nitrogen and oxygen atoms in total. The summed E-state index contributed by atoms with van der Waals surface area (Å²) in [4.78, 5) is 33.4. The van der Waals surface area contributed by atoms with Crippen LogP contribution in [0.4, 0.5) is 5.69 Å². The normalized spacial score (nSPS) is 10.9. The molecule has 0 radical (unpaired) electrons. The Balaban J connectivity index is 1.44. The van der Waals surface area contributed by atoms with Crippen LogP contribution in [-0.2, 0) is 22.7 Å². The molecule has 0 saturated heterocycles. The minimum absolute atomic E-state index is 0.125. The molecule has 0 bridgehead atoms. The molecular formula is C20H18N6O3. The second-order valence-corrected chi connectivity index (χ2v) is 6.36. The average molecular weight is 390 g/mol. The molecule has 0 aliphatic rings. The molecule has 2 N–H and O–H groups in total. The lowest BCUT2D eigenvalue weighted by Gasteiger charge is -2.08.